The quantitative estimate of drug-likeness (QED) is 0.585. The van der Waals surface area contributed by atoms with Crippen molar-refractivity contribution in [2.45, 2.75) is 12.5 Å². The first-order chi connectivity index (χ1) is 11.6. The summed E-state index contributed by atoms with van der Waals surface area (Å²) >= 11 is 0. The summed E-state index contributed by atoms with van der Waals surface area (Å²) in [6, 6.07) is 6.67. The maximum absolute atomic E-state index is 12.2. The summed E-state index contributed by atoms with van der Waals surface area (Å²) in [5, 5.41) is 14.0. The highest BCUT2D eigenvalue weighted by Crippen LogP contribution is 2.25. The zero-order chi connectivity index (χ0) is 17.4. The van der Waals surface area contributed by atoms with Crippen LogP contribution < -0.4 is 20.3 Å². The van der Waals surface area contributed by atoms with E-state index in [2.05, 4.69) is 10.6 Å². The lowest BCUT2D eigenvalue weighted by atomic mass is 10.2. The monoisotopic (exact) mass is 337 g/mol. The lowest BCUT2D eigenvalue weighted by molar-refractivity contribution is -0.117. The molecule has 0 aromatic heterocycles. The number of urea groups is 1. The molecule has 0 saturated carbocycles. The zero-order valence-electron chi connectivity index (χ0n) is 13.7. The summed E-state index contributed by atoms with van der Waals surface area (Å²) in [7, 11) is 1.57. The van der Waals surface area contributed by atoms with Crippen molar-refractivity contribution in [3.63, 3.8) is 0 Å². The predicted molar refractivity (Wildman–Crippen MR) is 88.2 cm³/mol. The van der Waals surface area contributed by atoms with Crippen LogP contribution in [0.2, 0.25) is 0 Å². The number of anilines is 1. The second-order valence-corrected chi connectivity index (χ2v) is 5.34. The third-order valence-electron chi connectivity index (χ3n) is 3.59. The normalized spacial score (nSPS) is 17.0. The number of rotatable bonds is 8. The van der Waals surface area contributed by atoms with E-state index in [1.54, 1.807) is 18.1 Å². The molecule has 1 unspecified atom stereocenters. The van der Waals surface area contributed by atoms with E-state index in [0.29, 0.717) is 25.4 Å². The van der Waals surface area contributed by atoms with Crippen molar-refractivity contribution in [2.75, 3.05) is 44.9 Å². The number of carbonyl (C=O) groups is 2. The largest absolute Gasteiger partial charge is 0.497 e. The fraction of sp³-hybridized carbons (Fsp3) is 0.500. The third-order valence-corrected chi connectivity index (χ3v) is 3.59. The Morgan fingerprint density at radius 3 is 3.00 bits per heavy atom. The van der Waals surface area contributed by atoms with Crippen molar-refractivity contribution in [2.24, 2.45) is 0 Å². The minimum Gasteiger partial charge on any atom is -0.497 e. The van der Waals surface area contributed by atoms with Crippen LogP contribution in [0.15, 0.2) is 24.3 Å². The molecule has 132 valence electrons. The van der Waals surface area contributed by atoms with Crippen molar-refractivity contribution in [1.82, 2.24) is 10.6 Å². The molecule has 3 N–H and O–H groups in total. The number of hydrogen-bond donors (Lipinski definition) is 3. The van der Waals surface area contributed by atoms with E-state index in [-0.39, 0.29) is 37.6 Å². The number of nitrogens with zero attached hydrogens (tertiary/aromatic N) is 1. The Morgan fingerprint density at radius 1 is 1.42 bits per heavy atom. The summed E-state index contributed by atoms with van der Waals surface area (Å²) in [6.07, 6.45) is 0.256. The molecule has 1 aliphatic heterocycles. The van der Waals surface area contributed by atoms with Gasteiger partial charge in [-0.15, -0.1) is 0 Å². The summed E-state index contributed by atoms with van der Waals surface area (Å²) in [5.41, 5.74) is 0.751. The second-order valence-electron chi connectivity index (χ2n) is 5.34. The standard InChI is InChI=1S/C16H23N3O5/c1-23-14-4-2-3-13(10-14)19-11-12(9-15(19)21)18-16(22)17-5-7-24-8-6-20/h2-4,10,12,20H,5-9,11H2,1H3,(H2,17,18,22). The molecule has 3 amide bonds. The average Bonchev–Trinajstić information content (AvgIpc) is 2.95. The van der Waals surface area contributed by atoms with Crippen LogP contribution in [0.3, 0.4) is 0 Å². The SMILES string of the molecule is COc1cccc(N2CC(NC(=O)NCCOCCO)CC2=O)c1. The number of hydrogen-bond acceptors (Lipinski definition) is 5. The molecular formula is C16H23N3O5. The van der Waals surface area contributed by atoms with E-state index in [0.717, 1.165) is 5.69 Å². The van der Waals surface area contributed by atoms with Gasteiger partial charge in [0.1, 0.15) is 5.75 Å². The second kappa shape index (κ2) is 9.09. The minimum absolute atomic E-state index is 0.0418. The van der Waals surface area contributed by atoms with Crippen LogP contribution in [0.25, 0.3) is 0 Å². The molecule has 2 rings (SSSR count). The number of nitrogens with one attached hydrogen (secondary N) is 2. The Balaban J connectivity index is 1.80. The highest BCUT2D eigenvalue weighted by atomic mass is 16.5. The van der Waals surface area contributed by atoms with Crippen LogP contribution in [0.5, 0.6) is 5.75 Å². The van der Waals surface area contributed by atoms with Crippen molar-refractivity contribution in [3.05, 3.63) is 24.3 Å². The van der Waals surface area contributed by atoms with Crippen molar-refractivity contribution < 1.29 is 24.2 Å². The molecule has 0 spiro atoms. The number of methoxy groups -OCH3 is 1. The number of amides is 3. The van der Waals surface area contributed by atoms with Crippen LogP contribution in [0.1, 0.15) is 6.42 Å². The van der Waals surface area contributed by atoms with Gasteiger partial charge in [0.15, 0.2) is 0 Å². The first kappa shape index (κ1) is 18.0. The molecule has 0 aliphatic carbocycles. The van der Waals surface area contributed by atoms with Crippen LogP contribution in [-0.2, 0) is 9.53 Å². The summed E-state index contributed by atoms with van der Waals surface area (Å²) < 4.78 is 10.2. The maximum Gasteiger partial charge on any atom is 0.315 e. The van der Waals surface area contributed by atoms with Gasteiger partial charge in [-0.3, -0.25) is 4.79 Å². The van der Waals surface area contributed by atoms with Gasteiger partial charge in [0.25, 0.3) is 0 Å². The van der Waals surface area contributed by atoms with Gasteiger partial charge in [-0.25, -0.2) is 4.79 Å². The maximum atomic E-state index is 12.2. The van der Waals surface area contributed by atoms with Gasteiger partial charge in [0.2, 0.25) is 5.91 Å². The topological polar surface area (TPSA) is 100 Å². The number of aliphatic hydroxyl groups is 1. The average molecular weight is 337 g/mol. The molecule has 8 nitrogen and oxygen atoms in total. The fourth-order valence-corrected chi connectivity index (χ4v) is 2.47. The molecule has 1 atom stereocenters. The molecule has 0 bridgehead atoms. The van der Waals surface area contributed by atoms with Crippen LogP contribution in [-0.4, -0.2) is 63.1 Å². The predicted octanol–water partition coefficient (Wildman–Crippen LogP) is 0.109. The molecule has 1 aromatic carbocycles. The fourth-order valence-electron chi connectivity index (χ4n) is 2.47. The highest BCUT2D eigenvalue weighted by Gasteiger charge is 2.31. The molecule has 1 fully saturated rings. The molecule has 0 radical (unpaired) electrons. The minimum atomic E-state index is -0.340. The lowest BCUT2D eigenvalue weighted by Gasteiger charge is -2.18. The van der Waals surface area contributed by atoms with Gasteiger partial charge in [-0.2, -0.15) is 0 Å². The first-order valence-corrected chi connectivity index (χ1v) is 7.81. The van der Waals surface area contributed by atoms with Gasteiger partial charge >= 0.3 is 6.03 Å². The molecule has 1 heterocycles. The van der Waals surface area contributed by atoms with Crippen LogP contribution in [0.4, 0.5) is 10.5 Å². The zero-order valence-corrected chi connectivity index (χ0v) is 13.7. The van der Waals surface area contributed by atoms with Crippen molar-refractivity contribution in [3.8, 4) is 5.75 Å². The Labute approximate surface area is 140 Å². The molecule has 1 aromatic rings. The Hall–Kier alpha value is -2.32. The van der Waals surface area contributed by atoms with Gasteiger partial charge in [-0.05, 0) is 12.1 Å². The van der Waals surface area contributed by atoms with Gasteiger partial charge in [0, 0.05) is 31.3 Å². The van der Waals surface area contributed by atoms with Gasteiger partial charge in [0.05, 0.1) is 33.0 Å². The summed E-state index contributed by atoms with van der Waals surface area (Å²) in [4.78, 5) is 25.6. The molecular weight excluding hydrogens is 314 g/mol. The number of carbonyl (C=O) groups excluding carboxylic acids is 2. The first-order valence-electron chi connectivity index (χ1n) is 7.81. The Morgan fingerprint density at radius 2 is 2.25 bits per heavy atom. The number of benzene rings is 1. The van der Waals surface area contributed by atoms with E-state index in [9.17, 15) is 9.59 Å². The molecule has 1 saturated heterocycles. The Bertz CT molecular complexity index is 566. The summed E-state index contributed by atoms with van der Waals surface area (Å²) in [5.74, 6) is 0.636. The van der Waals surface area contributed by atoms with E-state index in [1.807, 2.05) is 18.2 Å². The van der Waals surface area contributed by atoms with Crippen LogP contribution in [0, 0.1) is 0 Å². The lowest BCUT2D eigenvalue weighted by Crippen LogP contribution is -2.44. The van der Waals surface area contributed by atoms with Crippen molar-refractivity contribution in [1.29, 1.82) is 0 Å². The molecule has 8 heteroatoms. The number of ether oxygens (including phenoxy) is 2. The Kier molecular flexibility index (Phi) is 6.83. The third kappa shape index (κ3) is 5.10. The van der Waals surface area contributed by atoms with Gasteiger partial charge < -0.3 is 30.1 Å². The van der Waals surface area contributed by atoms with E-state index in [1.165, 1.54) is 0 Å². The smallest absolute Gasteiger partial charge is 0.315 e. The van der Waals surface area contributed by atoms with Crippen molar-refractivity contribution >= 4 is 17.6 Å². The van der Waals surface area contributed by atoms with Gasteiger partial charge in [-0.1, -0.05) is 6.07 Å². The molecule has 24 heavy (non-hydrogen) atoms. The highest BCUT2D eigenvalue weighted by molar-refractivity contribution is 5.97. The van der Waals surface area contributed by atoms with Crippen LogP contribution >= 0.6 is 0 Å². The molecule has 1 aliphatic rings. The van der Waals surface area contributed by atoms with E-state index < -0.39 is 0 Å². The summed E-state index contributed by atoms with van der Waals surface area (Å²) in [6.45, 7) is 1.28. The van der Waals surface area contributed by atoms with E-state index in [4.69, 9.17) is 14.6 Å². The number of aliphatic hydroxyl groups excluding tert-OH is 1. The van der Waals surface area contributed by atoms with E-state index >= 15 is 0 Å².